The second-order valence-corrected chi connectivity index (χ2v) is 6.20. The smallest absolute Gasteiger partial charge is 0.153 e. The highest BCUT2D eigenvalue weighted by Crippen LogP contribution is 2.24. The van der Waals surface area contributed by atoms with Crippen LogP contribution in [0.3, 0.4) is 0 Å². The molecule has 13 heavy (non-hydrogen) atoms. The summed E-state index contributed by atoms with van der Waals surface area (Å²) in [5.41, 5.74) is 0. The quantitative estimate of drug-likeness (QED) is 0.752. The fraction of sp³-hybridized carbons (Fsp3) is 1.00. The Kier molecular flexibility index (Phi) is 3.74. The molecule has 4 heteroatoms. The third-order valence-electron chi connectivity index (χ3n) is 2.64. The van der Waals surface area contributed by atoms with Crippen LogP contribution in [0.4, 0.5) is 0 Å². The van der Waals surface area contributed by atoms with E-state index >= 15 is 0 Å². The summed E-state index contributed by atoms with van der Waals surface area (Å²) in [6, 6.07) is 0. The Bertz CT molecular complexity index is 238. The van der Waals surface area contributed by atoms with Crippen molar-refractivity contribution >= 4 is 9.84 Å². The van der Waals surface area contributed by atoms with E-state index in [0.29, 0.717) is 37.9 Å². The van der Waals surface area contributed by atoms with Gasteiger partial charge in [-0.25, -0.2) is 8.42 Å². The molecular weight excluding hydrogens is 188 g/mol. The van der Waals surface area contributed by atoms with Gasteiger partial charge in [-0.15, -0.1) is 0 Å². The van der Waals surface area contributed by atoms with Crippen LogP contribution in [-0.2, 0) is 9.84 Å². The number of hydrogen-bond donors (Lipinski definition) is 1. The summed E-state index contributed by atoms with van der Waals surface area (Å²) in [6.45, 7) is 1.88. The molecule has 0 spiro atoms. The van der Waals surface area contributed by atoms with Gasteiger partial charge in [0.25, 0.3) is 0 Å². The Balaban J connectivity index is 2.53. The molecule has 0 unspecified atom stereocenters. The minimum Gasteiger partial charge on any atom is -0.393 e. The van der Waals surface area contributed by atoms with Gasteiger partial charge in [-0.05, 0) is 32.1 Å². The normalized spacial score (nSPS) is 30.3. The van der Waals surface area contributed by atoms with E-state index < -0.39 is 9.84 Å². The van der Waals surface area contributed by atoms with E-state index in [-0.39, 0.29) is 11.4 Å². The van der Waals surface area contributed by atoms with Crippen LogP contribution in [0.25, 0.3) is 0 Å². The lowest BCUT2D eigenvalue weighted by molar-refractivity contribution is 0.131. The lowest BCUT2D eigenvalue weighted by Crippen LogP contribution is -2.30. The van der Waals surface area contributed by atoms with Crippen molar-refractivity contribution in [3.05, 3.63) is 0 Å². The van der Waals surface area contributed by atoms with Crippen LogP contribution in [-0.4, -0.2) is 30.6 Å². The van der Waals surface area contributed by atoms with Gasteiger partial charge in [0.05, 0.1) is 17.1 Å². The molecule has 0 heterocycles. The fourth-order valence-corrected chi connectivity index (χ4v) is 3.75. The van der Waals surface area contributed by atoms with Gasteiger partial charge in [-0.3, -0.25) is 0 Å². The highest BCUT2D eigenvalue weighted by molar-refractivity contribution is 7.92. The van der Waals surface area contributed by atoms with Gasteiger partial charge < -0.3 is 5.11 Å². The number of aliphatic hydroxyl groups is 1. The predicted octanol–water partition coefficient (Wildman–Crippen LogP) is 1.11. The molecule has 78 valence electrons. The zero-order valence-electron chi connectivity index (χ0n) is 8.07. The summed E-state index contributed by atoms with van der Waals surface area (Å²) < 4.78 is 23.2. The zero-order valence-corrected chi connectivity index (χ0v) is 8.89. The van der Waals surface area contributed by atoms with Crippen LogP contribution in [0, 0.1) is 0 Å². The summed E-state index contributed by atoms with van der Waals surface area (Å²) in [5.74, 6) is 0.299. The molecule has 0 radical (unpaired) electrons. The molecular formula is C9H18O3S. The molecule has 3 nitrogen and oxygen atoms in total. The number of sulfone groups is 1. The molecule has 0 amide bonds. The van der Waals surface area contributed by atoms with Crippen molar-refractivity contribution in [3.63, 3.8) is 0 Å². The third-order valence-corrected chi connectivity index (χ3v) is 5.10. The van der Waals surface area contributed by atoms with E-state index in [4.69, 9.17) is 0 Å². The molecule has 1 N–H and O–H groups in total. The molecule has 0 bridgehead atoms. The summed E-state index contributed by atoms with van der Waals surface area (Å²) in [6.07, 6.45) is 3.00. The fourth-order valence-electron chi connectivity index (χ4n) is 1.86. The van der Waals surface area contributed by atoms with E-state index in [2.05, 4.69) is 0 Å². The first kappa shape index (κ1) is 11.0. The molecule has 0 atom stereocenters. The summed E-state index contributed by atoms with van der Waals surface area (Å²) >= 11 is 0. The Hall–Kier alpha value is -0.0900. The van der Waals surface area contributed by atoms with Crippen LogP contribution < -0.4 is 0 Å². The second-order valence-electron chi connectivity index (χ2n) is 3.80. The Labute approximate surface area is 80.1 Å². The van der Waals surface area contributed by atoms with Gasteiger partial charge in [0.1, 0.15) is 0 Å². The van der Waals surface area contributed by atoms with Crippen molar-refractivity contribution < 1.29 is 13.5 Å². The topological polar surface area (TPSA) is 54.4 Å². The van der Waals surface area contributed by atoms with Crippen molar-refractivity contribution in [2.24, 2.45) is 0 Å². The standard InChI is InChI=1S/C9H18O3S/c1-2-7-13(11,12)9-5-3-8(10)4-6-9/h8-10H,2-7H2,1H3. The maximum absolute atomic E-state index is 11.6. The summed E-state index contributed by atoms with van der Waals surface area (Å²) in [5, 5.41) is 9.04. The molecule has 1 fully saturated rings. The number of hydrogen-bond acceptors (Lipinski definition) is 3. The third kappa shape index (κ3) is 2.95. The van der Waals surface area contributed by atoms with Crippen molar-refractivity contribution in [2.45, 2.75) is 50.4 Å². The van der Waals surface area contributed by atoms with Gasteiger partial charge in [-0.1, -0.05) is 6.92 Å². The van der Waals surface area contributed by atoms with Gasteiger partial charge in [0.15, 0.2) is 9.84 Å². The van der Waals surface area contributed by atoms with Crippen LogP contribution in [0.5, 0.6) is 0 Å². The Morgan fingerprint density at radius 1 is 1.23 bits per heavy atom. The second kappa shape index (κ2) is 4.42. The average molecular weight is 206 g/mol. The van der Waals surface area contributed by atoms with Crippen molar-refractivity contribution in [1.29, 1.82) is 0 Å². The minimum atomic E-state index is -2.87. The van der Waals surface area contributed by atoms with Crippen LogP contribution in [0.1, 0.15) is 39.0 Å². The minimum absolute atomic E-state index is 0.184. The monoisotopic (exact) mass is 206 g/mol. The molecule has 0 aromatic rings. The average Bonchev–Trinajstić information content (AvgIpc) is 2.05. The molecule has 1 aliphatic carbocycles. The highest BCUT2D eigenvalue weighted by Gasteiger charge is 2.29. The van der Waals surface area contributed by atoms with Crippen LogP contribution in [0.15, 0.2) is 0 Å². The zero-order chi connectivity index (χ0) is 9.90. The number of aliphatic hydroxyl groups excluding tert-OH is 1. The first-order valence-corrected chi connectivity index (χ1v) is 6.67. The van der Waals surface area contributed by atoms with Crippen molar-refractivity contribution in [3.8, 4) is 0 Å². The Morgan fingerprint density at radius 2 is 1.77 bits per heavy atom. The van der Waals surface area contributed by atoms with Crippen molar-refractivity contribution in [2.75, 3.05) is 5.75 Å². The lowest BCUT2D eigenvalue weighted by atomic mass is 9.97. The van der Waals surface area contributed by atoms with E-state index in [1.165, 1.54) is 0 Å². The molecule has 1 rings (SSSR count). The highest BCUT2D eigenvalue weighted by atomic mass is 32.2. The van der Waals surface area contributed by atoms with E-state index in [9.17, 15) is 13.5 Å². The first-order valence-electron chi connectivity index (χ1n) is 4.96. The Morgan fingerprint density at radius 3 is 2.23 bits per heavy atom. The van der Waals surface area contributed by atoms with Crippen LogP contribution >= 0.6 is 0 Å². The molecule has 0 aromatic carbocycles. The molecule has 1 aliphatic rings. The lowest BCUT2D eigenvalue weighted by Gasteiger charge is -2.24. The first-order chi connectivity index (χ1) is 6.06. The molecule has 1 saturated carbocycles. The van der Waals surface area contributed by atoms with Crippen molar-refractivity contribution in [1.82, 2.24) is 0 Å². The largest absolute Gasteiger partial charge is 0.393 e. The molecule has 0 aliphatic heterocycles. The van der Waals surface area contributed by atoms with E-state index in [1.807, 2.05) is 6.92 Å². The molecule has 0 aromatic heterocycles. The molecule has 0 saturated heterocycles. The van der Waals surface area contributed by atoms with Gasteiger partial charge in [0.2, 0.25) is 0 Å². The maximum atomic E-state index is 11.6. The van der Waals surface area contributed by atoms with E-state index in [1.54, 1.807) is 0 Å². The summed E-state index contributed by atoms with van der Waals surface area (Å²) in [4.78, 5) is 0. The van der Waals surface area contributed by atoms with Gasteiger partial charge in [-0.2, -0.15) is 0 Å². The maximum Gasteiger partial charge on any atom is 0.153 e. The predicted molar refractivity (Wildman–Crippen MR) is 52.3 cm³/mol. The van der Waals surface area contributed by atoms with Gasteiger partial charge >= 0.3 is 0 Å². The van der Waals surface area contributed by atoms with Crippen LogP contribution in [0.2, 0.25) is 0 Å². The SMILES string of the molecule is CCCS(=O)(=O)C1CCC(O)CC1. The number of rotatable bonds is 3. The van der Waals surface area contributed by atoms with E-state index in [0.717, 1.165) is 0 Å². The van der Waals surface area contributed by atoms with Gasteiger partial charge in [0, 0.05) is 0 Å². The summed E-state index contributed by atoms with van der Waals surface area (Å²) in [7, 11) is -2.87.